The summed E-state index contributed by atoms with van der Waals surface area (Å²) >= 11 is 0. The molecule has 0 spiro atoms. The van der Waals surface area contributed by atoms with E-state index in [0.29, 0.717) is 42.3 Å². The molecule has 26 heavy (non-hydrogen) atoms. The van der Waals surface area contributed by atoms with Crippen molar-refractivity contribution >= 4 is 11.6 Å². The maximum atomic E-state index is 13.5. The zero-order valence-corrected chi connectivity index (χ0v) is 14.4. The Hall–Kier alpha value is -3.15. The molecule has 5 nitrogen and oxygen atoms in total. The van der Waals surface area contributed by atoms with Gasteiger partial charge >= 0.3 is 0 Å². The molecule has 132 valence electrons. The molecular weight excluding hydrogens is 333 g/mol. The Kier molecular flexibility index (Phi) is 4.16. The van der Waals surface area contributed by atoms with Crippen LogP contribution in [0, 0.1) is 12.7 Å². The standard InChI is InChI=1S/C20H18FN3O2/c1-14-11-16(7-8-18(14)21)23-9-10-24-19(20(23)25)12-15(22-24)13-26-17-5-3-2-4-6-17/h2-8,11-12H,9-10,13H2,1H3. The first-order chi connectivity index (χ1) is 12.6. The molecule has 4 rings (SSSR count). The van der Waals surface area contributed by atoms with E-state index < -0.39 is 0 Å². The molecule has 0 unspecified atom stereocenters. The van der Waals surface area contributed by atoms with Gasteiger partial charge in [0, 0.05) is 12.2 Å². The van der Waals surface area contributed by atoms with Crippen LogP contribution in [-0.4, -0.2) is 22.2 Å². The van der Waals surface area contributed by atoms with Crippen LogP contribution in [0.4, 0.5) is 10.1 Å². The number of hydrogen-bond donors (Lipinski definition) is 0. The number of amides is 1. The number of anilines is 1. The third-order valence-corrected chi connectivity index (χ3v) is 4.41. The van der Waals surface area contributed by atoms with Gasteiger partial charge < -0.3 is 9.64 Å². The summed E-state index contributed by atoms with van der Waals surface area (Å²) in [6, 6.07) is 16.0. The fourth-order valence-corrected chi connectivity index (χ4v) is 3.03. The van der Waals surface area contributed by atoms with Crippen LogP contribution in [0.15, 0.2) is 54.6 Å². The maximum absolute atomic E-state index is 13.5. The summed E-state index contributed by atoms with van der Waals surface area (Å²) in [5.41, 5.74) is 2.44. The molecule has 2 aromatic carbocycles. The van der Waals surface area contributed by atoms with Crippen molar-refractivity contribution in [3.63, 3.8) is 0 Å². The van der Waals surface area contributed by atoms with Crippen LogP contribution in [0.3, 0.4) is 0 Å². The molecule has 0 fully saturated rings. The van der Waals surface area contributed by atoms with Gasteiger partial charge in [0.2, 0.25) is 0 Å². The molecule has 0 radical (unpaired) electrons. The van der Waals surface area contributed by atoms with Crippen molar-refractivity contribution in [1.29, 1.82) is 0 Å². The van der Waals surface area contributed by atoms with Crippen molar-refractivity contribution in [3.8, 4) is 5.75 Å². The van der Waals surface area contributed by atoms with E-state index in [-0.39, 0.29) is 11.7 Å². The van der Waals surface area contributed by atoms with E-state index in [1.165, 1.54) is 6.07 Å². The number of ether oxygens (including phenoxy) is 1. The number of hydrogen-bond acceptors (Lipinski definition) is 3. The molecule has 0 aliphatic carbocycles. The van der Waals surface area contributed by atoms with E-state index in [4.69, 9.17) is 4.74 Å². The lowest BCUT2D eigenvalue weighted by atomic mass is 10.1. The number of para-hydroxylation sites is 1. The Morgan fingerprint density at radius 1 is 1.12 bits per heavy atom. The van der Waals surface area contributed by atoms with Crippen molar-refractivity contribution in [2.75, 3.05) is 11.4 Å². The van der Waals surface area contributed by atoms with Crippen molar-refractivity contribution < 1.29 is 13.9 Å². The molecule has 0 saturated carbocycles. The summed E-state index contributed by atoms with van der Waals surface area (Å²) in [5, 5.41) is 4.46. The molecule has 1 amide bonds. The molecule has 0 saturated heterocycles. The van der Waals surface area contributed by atoms with Gasteiger partial charge in [0.1, 0.15) is 29.6 Å². The topological polar surface area (TPSA) is 47.4 Å². The molecule has 3 aromatic rings. The third kappa shape index (κ3) is 3.06. The highest BCUT2D eigenvalue weighted by molar-refractivity contribution is 6.05. The summed E-state index contributed by atoms with van der Waals surface area (Å²) in [7, 11) is 0. The zero-order valence-electron chi connectivity index (χ0n) is 14.4. The monoisotopic (exact) mass is 351 g/mol. The molecule has 2 heterocycles. The van der Waals surface area contributed by atoms with Gasteiger partial charge in [-0.1, -0.05) is 18.2 Å². The third-order valence-electron chi connectivity index (χ3n) is 4.41. The molecular formula is C20H18FN3O2. The predicted molar refractivity (Wildman–Crippen MR) is 95.8 cm³/mol. The predicted octanol–water partition coefficient (Wildman–Crippen LogP) is 3.57. The van der Waals surface area contributed by atoms with Crippen molar-refractivity contribution in [2.45, 2.75) is 20.1 Å². The minimum Gasteiger partial charge on any atom is -0.487 e. The second kappa shape index (κ2) is 6.63. The summed E-state index contributed by atoms with van der Waals surface area (Å²) in [5.74, 6) is 0.345. The molecule has 6 heteroatoms. The first-order valence-corrected chi connectivity index (χ1v) is 8.44. The molecule has 1 aromatic heterocycles. The molecule has 0 N–H and O–H groups in total. The Balaban J connectivity index is 1.53. The Morgan fingerprint density at radius 3 is 2.69 bits per heavy atom. The number of carbonyl (C=O) groups is 1. The van der Waals surface area contributed by atoms with Gasteiger partial charge in [-0.15, -0.1) is 0 Å². The molecule has 0 bridgehead atoms. The average molecular weight is 351 g/mol. The first-order valence-electron chi connectivity index (χ1n) is 8.44. The van der Waals surface area contributed by atoms with Gasteiger partial charge in [0.05, 0.1) is 6.54 Å². The SMILES string of the molecule is Cc1cc(N2CCn3nc(COc4ccccc4)cc3C2=O)ccc1F. The lowest BCUT2D eigenvalue weighted by Gasteiger charge is -2.27. The normalized spacial score (nSPS) is 13.6. The van der Waals surface area contributed by atoms with Crippen LogP contribution in [0.2, 0.25) is 0 Å². The summed E-state index contributed by atoms with van der Waals surface area (Å²) in [6.07, 6.45) is 0. The maximum Gasteiger partial charge on any atom is 0.276 e. The van der Waals surface area contributed by atoms with Crippen LogP contribution in [0.1, 0.15) is 21.7 Å². The fourth-order valence-electron chi connectivity index (χ4n) is 3.03. The van der Waals surface area contributed by atoms with Gasteiger partial charge in [-0.25, -0.2) is 4.39 Å². The number of aryl methyl sites for hydroxylation is 1. The highest BCUT2D eigenvalue weighted by atomic mass is 19.1. The Labute approximate surface area is 150 Å². The van der Waals surface area contributed by atoms with Crippen molar-refractivity contribution in [1.82, 2.24) is 9.78 Å². The number of rotatable bonds is 4. The minimum atomic E-state index is -0.274. The van der Waals surface area contributed by atoms with Crippen LogP contribution in [0.25, 0.3) is 0 Å². The average Bonchev–Trinajstić information content (AvgIpc) is 3.08. The highest BCUT2D eigenvalue weighted by Crippen LogP contribution is 2.24. The number of carbonyl (C=O) groups excluding carboxylic acids is 1. The number of halogens is 1. The minimum absolute atomic E-state index is 0.138. The Morgan fingerprint density at radius 2 is 1.92 bits per heavy atom. The van der Waals surface area contributed by atoms with E-state index in [9.17, 15) is 9.18 Å². The van der Waals surface area contributed by atoms with Crippen LogP contribution in [-0.2, 0) is 13.2 Å². The quantitative estimate of drug-likeness (QED) is 0.722. The first kappa shape index (κ1) is 16.3. The molecule has 0 atom stereocenters. The smallest absolute Gasteiger partial charge is 0.276 e. The molecule has 1 aliphatic rings. The van der Waals surface area contributed by atoms with E-state index in [1.54, 1.807) is 34.7 Å². The summed E-state index contributed by atoms with van der Waals surface area (Å²) in [6.45, 7) is 3.07. The largest absolute Gasteiger partial charge is 0.487 e. The van der Waals surface area contributed by atoms with Gasteiger partial charge in [-0.3, -0.25) is 9.48 Å². The highest BCUT2D eigenvalue weighted by Gasteiger charge is 2.27. The lowest BCUT2D eigenvalue weighted by molar-refractivity contribution is 0.0962. The second-order valence-corrected chi connectivity index (χ2v) is 6.24. The van der Waals surface area contributed by atoms with Gasteiger partial charge in [-0.05, 0) is 48.9 Å². The van der Waals surface area contributed by atoms with E-state index in [1.807, 2.05) is 30.3 Å². The second-order valence-electron chi connectivity index (χ2n) is 6.24. The lowest BCUT2D eigenvalue weighted by Crippen LogP contribution is -2.40. The number of aromatic nitrogens is 2. The molecule has 1 aliphatic heterocycles. The van der Waals surface area contributed by atoms with Crippen molar-refractivity contribution in [2.24, 2.45) is 0 Å². The summed E-state index contributed by atoms with van der Waals surface area (Å²) < 4.78 is 20.9. The van der Waals surface area contributed by atoms with E-state index in [2.05, 4.69) is 5.10 Å². The van der Waals surface area contributed by atoms with Crippen LogP contribution >= 0.6 is 0 Å². The summed E-state index contributed by atoms with van der Waals surface area (Å²) in [4.78, 5) is 14.5. The van der Waals surface area contributed by atoms with Gasteiger partial charge in [0.15, 0.2) is 0 Å². The zero-order chi connectivity index (χ0) is 18.1. The van der Waals surface area contributed by atoms with E-state index in [0.717, 1.165) is 5.75 Å². The van der Waals surface area contributed by atoms with Gasteiger partial charge in [0.25, 0.3) is 5.91 Å². The van der Waals surface area contributed by atoms with Gasteiger partial charge in [-0.2, -0.15) is 5.10 Å². The Bertz CT molecular complexity index is 953. The number of benzene rings is 2. The fraction of sp³-hybridized carbons (Fsp3) is 0.200. The van der Waals surface area contributed by atoms with Crippen molar-refractivity contribution in [3.05, 3.63) is 77.4 Å². The van der Waals surface area contributed by atoms with Crippen LogP contribution < -0.4 is 9.64 Å². The number of fused-ring (bicyclic) bond motifs is 1. The van der Waals surface area contributed by atoms with E-state index >= 15 is 0 Å². The number of nitrogens with zero attached hydrogens (tertiary/aromatic N) is 3. The van der Waals surface area contributed by atoms with Crippen LogP contribution in [0.5, 0.6) is 5.75 Å².